The Balaban J connectivity index is 1.93. The summed E-state index contributed by atoms with van der Waals surface area (Å²) in [7, 11) is -7.38. The van der Waals surface area contributed by atoms with E-state index in [1.165, 1.54) is 0 Å². The highest BCUT2D eigenvalue weighted by molar-refractivity contribution is 7.84. The van der Waals surface area contributed by atoms with Crippen molar-refractivity contribution in [1.82, 2.24) is 39.5 Å². The van der Waals surface area contributed by atoms with Gasteiger partial charge >= 0.3 is 7.51 Å². The van der Waals surface area contributed by atoms with Gasteiger partial charge in [-0.15, -0.1) is 0 Å². The van der Waals surface area contributed by atoms with Crippen LogP contribution in [0.1, 0.15) is 22.8 Å². The number of aryl methyl sites for hydroxylation is 4. The second kappa shape index (κ2) is 6.47. The third kappa shape index (κ3) is 2.84. The van der Waals surface area contributed by atoms with Gasteiger partial charge in [-0.25, -0.2) is 0 Å². The van der Waals surface area contributed by atoms with Gasteiger partial charge in [-0.05, 0) is 39.8 Å². The van der Waals surface area contributed by atoms with Crippen LogP contribution in [0.3, 0.4) is 0 Å². The smallest absolute Gasteiger partial charge is 0.252 e. The Bertz CT molecular complexity index is 1040. The molecule has 2 saturated heterocycles. The maximum atomic E-state index is 5.37. The molecule has 28 heavy (non-hydrogen) atoms. The molecular weight excluding hydrogens is 415 g/mol. The van der Waals surface area contributed by atoms with Gasteiger partial charge in [-0.2, -0.15) is 32.6 Å². The van der Waals surface area contributed by atoms with Crippen LogP contribution in [-0.4, -0.2) is 45.3 Å². The first-order valence-corrected chi connectivity index (χ1v) is 14.3. The summed E-state index contributed by atoms with van der Waals surface area (Å²) in [6.07, 6.45) is 0. The fourth-order valence-electron chi connectivity index (χ4n) is 3.81. The van der Waals surface area contributed by atoms with Crippen molar-refractivity contribution in [2.75, 3.05) is 26.2 Å². The van der Waals surface area contributed by atoms with Crippen molar-refractivity contribution in [2.24, 2.45) is 13.5 Å². The number of hydrogen-bond acceptors (Lipinski definition) is 9. The third-order valence-electron chi connectivity index (χ3n) is 4.82. The number of rotatable bonds is 2. The molecule has 0 aromatic carbocycles. The van der Waals surface area contributed by atoms with Crippen LogP contribution in [0, 0.1) is 27.7 Å². The lowest BCUT2D eigenvalue weighted by Crippen LogP contribution is -2.18. The standard InChI is InChI=1S/C14H26N11P3/c1-11-9-13(3)24(19-11)28(25-14(4)10-12(2)20-25)22-26(15-5-6-16-26)21-27(23-28)17-7-8-18-27/h9-10,15-18H,5-8H2,1-4H3. The fourth-order valence-corrected chi connectivity index (χ4v) is 16.3. The monoisotopic (exact) mass is 441 g/mol. The molecule has 0 amide bonds. The van der Waals surface area contributed by atoms with Crippen molar-refractivity contribution < 1.29 is 0 Å². The number of hydrogen-bond donors (Lipinski definition) is 4. The first-order chi connectivity index (χ1) is 13.4. The van der Waals surface area contributed by atoms with Gasteiger partial charge in [0.15, 0.2) is 0 Å². The lowest BCUT2D eigenvalue weighted by molar-refractivity contribution is 0.837. The summed E-state index contributed by atoms with van der Waals surface area (Å²) >= 11 is 0. The molecule has 3 aliphatic rings. The highest BCUT2D eigenvalue weighted by atomic mass is 31.3. The Kier molecular flexibility index (Phi) is 4.38. The summed E-state index contributed by atoms with van der Waals surface area (Å²) in [6, 6.07) is 4.15. The van der Waals surface area contributed by atoms with Crippen LogP contribution >= 0.6 is 22.5 Å². The molecule has 5 rings (SSSR count). The third-order valence-corrected chi connectivity index (χ3v) is 15.4. The SMILES string of the molecule is Cc1cc(C)n(P2(n3nc(C)cc3C)=NP3(=NP4(=N2)NCCN4)NCCN3)n1. The molecule has 0 unspecified atom stereocenters. The van der Waals surface area contributed by atoms with Gasteiger partial charge in [0.25, 0.3) is 0 Å². The molecule has 2 fully saturated rings. The minimum atomic E-state index is -2.74. The van der Waals surface area contributed by atoms with E-state index in [9.17, 15) is 0 Å². The average Bonchev–Trinajstić information content (AvgIpc) is 3.39. The molecule has 152 valence electrons. The zero-order chi connectivity index (χ0) is 19.6. The average molecular weight is 441 g/mol. The molecule has 0 radical (unpaired) electrons. The van der Waals surface area contributed by atoms with E-state index in [2.05, 4.69) is 46.3 Å². The highest BCUT2D eigenvalue weighted by Gasteiger charge is 2.44. The van der Waals surface area contributed by atoms with Crippen LogP contribution in [0.2, 0.25) is 0 Å². The predicted octanol–water partition coefficient (Wildman–Crippen LogP) is 2.95. The van der Waals surface area contributed by atoms with Gasteiger partial charge in [0.05, 0.1) is 11.4 Å². The second-order valence-electron chi connectivity index (χ2n) is 7.27. The van der Waals surface area contributed by atoms with Gasteiger partial charge in [-0.3, -0.25) is 20.3 Å². The summed E-state index contributed by atoms with van der Waals surface area (Å²) in [4.78, 5) is 0. The molecule has 3 aliphatic heterocycles. The van der Waals surface area contributed by atoms with Crippen molar-refractivity contribution in [3.8, 4) is 0 Å². The predicted molar refractivity (Wildman–Crippen MR) is 114 cm³/mol. The molecule has 2 aromatic rings. The molecule has 2 spiro atoms. The van der Waals surface area contributed by atoms with Gasteiger partial charge in [0, 0.05) is 37.6 Å². The van der Waals surface area contributed by atoms with Crippen LogP contribution < -0.4 is 20.3 Å². The van der Waals surface area contributed by atoms with Crippen molar-refractivity contribution in [3.05, 3.63) is 34.9 Å². The molecular formula is C14H26N11P3. The molecule has 0 aliphatic carbocycles. The van der Waals surface area contributed by atoms with Crippen LogP contribution in [0.15, 0.2) is 25.7 Å². The minimum Gasteiger partial charge on any atom is -0.252 e. The van der Waals surface area contributed by atoms with Gasteiger partial charge in [0.1, 0.15) is 0 Å². The van der Waals surface area contributed by atoms with Crippen molar-refractivity contribution in [2.45, 2.75) is 27.7 Å². The van der Waals surface area contributed by atoms with E-state index < -0.39 is 22.5 Å². The van der Waals surface area contributed by atoms with E-state index in [1.54, 1.807) is 0 Å². The molecule has 4 N–H and O–H groups in total. The summed E-state index contributed by atoms with van der Waals surface area (Å²) in [5.74, 6) is 0. The number of nitrogens with one attached hydrogen (secondary N) is 4. The topological polar surface area (TPSA) is 121 Å². The van der Waals surface area contributed by atoms with Crippen LogP contribution in [0.25, 0.3) is 0 Å². The normalized spacial score (nSPS) is 24.3. The minimum absolute atomic E-state index is 0.842. The molecule has 0 saturated carbocycles. The summed E-state index contributed by atoms with van der Waals surface area (Å²) < 4.78 is 19.9. The highest BCUT2D eigenvalue weighted by Crippen LogP contribution is 2.75. The van der Waals surface area contributed by atoms with Gasteiger partial charge in [-0.1, -0.05) is 0 Å². The quantitative estimate of drug-likeness (QED) is 0.532. The summed E-state index contributed by atoms with van der Waals surface area (Å²) in [6.45, 7) is 11.5. The lowest BCUT2D eigenvalue weighted by Gasteiger charge is -2.33. The first kappa shape index (κ1) is 18.9. The van der Waals surface area contributed by atoms with Crippen molar-refractivity contribution in [1.29, 1.82) is 0 Å². The van der Waals surface area contributed by atoms with Crippen LogP contribution in [0.4, 0.5) is 0 Å². The molecule has 5 heterocycles. The van der Waals surface area contributed by atoms with E-state index in [0.717, 1.165) is 49.0 Å². The Hall–Kier alpha value is -1.05. The Labute approximate surface area is 164 Å². The molecule has 0 atom stereocenters. The second-order valence-corrected chi connectivity index (χ2v) is 14.9. The Morgan fingerprint density at radius 1 is 0.679 bits per heavy atom. The maximum absolute atomic E-state index is 5.37. The summed E-state index contributed by atoms with van der Waals surface area (Å²) in [5.41, 5.74) is 3.96. The van der Waals surface area contributed by atoms with Gasteiger partial charge in [0.2, 0.25) is 15.0 Å². The van der Waals surface area contributed by atoms with Crippen LogP contribution in [-0.2, 0) is 0 Å². The fraction of sp³-hybridized carbons (Fsp3) is 0.571. The molecule has 2 aromatic heterocycles. The van der Waals surface area contributed by atoms with Crippen molar-refractivity contribution >= 4 is 22.5 Å². The van der Waals surface area contributed by atoms with Gasteiger partial charge < -0.3 is 0 Å². The van der Waals surface area contributed by atoms with E-state index >= 15 is 0 Å². The zero-order valence-electron chi connectivity index (χ0n) is 16.5. The Morgan fingerprint density at radius 3 is 1.50 bits per heavy atom. The number of nitrogens with zero attached hydrogens (tertiary/aromatic N) is 7. The van der Waals surface area contributed by atoms with E-state index in [-0.39, 0.29) is 0 Å². The molecule has 0 bridgehead atoms. The van der Waals surface area contributed by atoms with E-state index in [4.69, 9.17) is 23.7 Å². The van der Waals surface area contributed by atoms with Crippen LogP contribution in [0.5, 0.6) is 0 Å². The molecule has 11 nitrogen and oxygen atoms in total. The lowest BCUT2D eigenvalue weighted by atomic mass is 10.4. The Morgan fingerprint density at radius 2 is 1.11 bits per heavy atom. The maximum Gasteiger partial charge on any atom is 0.312 e. The largest absolute Gasteiger partial charge is 0.312 e. The van der Waals surface area contributed by atoms with Crippen molar-refractivity contribution in [3.63, 3.8) is 0 Å². The number of aromatic nitrogens is 4. The van der Waals surface area contributed by atoms with E-state index in [0.29, 0.717) is 0 Å². The molecule has 14 heteroatoms. The zero-order valence-corrected chi connectivity index (χ0v) is 19.1. The van der Waals surface area contributed by atoms with E-state index in [1.807, 2.05) is 22.8 Å². The summed E-state index contributed by atoms with van der Waals surface area (Å²) in [5, 5.41) is 24.0. The first-order valence-electron chi connectivity index (χ1n) is 9.36.